The Morgan fingerprint density at radius 2 is 1.93 bits per heavy atom. The van der Waals surface area contributed by atoms with Crippen molar-refractivity contribution in [1.82, 2.24) is 0 Å². The van der Waals surface area contributed by atoms with E-state index in [2.05, 4.69) is 13.8 Å². The van der Waals surface area contributed by atoms with Crippen molar-refractivity contribution in [3.05, 3.63) is 23.8 Å². The number of nitrogens with two attached hydrogens (primary N) is 1. The zero-order valence-corrected chi connectivity index (χ0v) is 9.92. The van der Waals surface area contributed by atoms with Gasteiger partial charge in [-0.3, -0.25) is 0 Å². The molecule has 1 aromatic rings. The molecule has 0 unspecified atom stereocenters. The first-order chi connectivity index (χ1) is 7.19. The van der Waals surface area contributed by atoms with Gasteiger partial charge >= 0.3 is 0 Å². The van der Waals surface area contributed by atoms with Crippen LogP contribution in [0.3, 0.4) is 0 Å². The lowest BCUT2D eigenvalue weighted by molar-refractivity contribution is 0.241. The highest BCUT2D eigenvalue weighted by Gasteiger charge is 2.07. The van der Waals surface area contributed by atoms with E-state index in [0.29, 0.717) is 5.92 Å². The minimum atomic E-state index is 0.630. The average molecular weight is 207 g/mol. The second kappa shape index (κ2) is 5.64. The quantitative estimate of drug-likeness (QED) is 0.751. The molecule has 0 fully saturated rings. The van der Waals surface area contributed by atoms with E-state index in [1.807, 2.05) is 25.1 Å². The van der Waals surface area contributed by atoms with Gasteiger partial charge in [0, 0.05) is 0 Å². The van der Waals surface area contributed by atoms with E-state index in [9.17, 15) is 0 Å². The number of rotatable bonds is 5. The third-order valence-corrected chi connectivity index (χ3v) is 2.91. The molecule has 84 valence electrons. The minimum absolute atomic E-state index is 0.630. The summed E-state index contributed by atoms with van der Waals surface area (Å²) in [5, 5.41) is 0. The number of ether oxygens (including phenoxy) is 1. The number of hydrogen-bond donors (Lipinski definition) is 1. The van der Waals surface area contributed by atoms with Gasteiger partial charge in [0.1, 0.15) is 5.75 Å². The molecule has 1 rings (SSSR count). The Bertz CT molecular complexity index is 305. The summed E-state index contributed by atoms with van der Waals surface area (Å²) in [4.78, 5) is 0. The second-order valence-corrected chi connectivity index (χ2v) is 3.98. The Kier molecular flexibility index (Phi) is 4.47. The van der Waals surface area contributed by atoms with Crippen LogP contribution in [0.4, 0.5) is 5.69 Å². The maximum atomic E-state index is 5.93. The molecule has 0 aliphatic rings. The normalized spacial score (nSPS) is 10.7. The summed E-state index contributed by atoms with van der Waals surface area (Å²) in [7, 11) is 0. The highest BCUT2D eigenvalue weighted by atomic mass is 16.5. The molecule has 0 heterocycles. The average Bonchev–Trinajstić information content (AvgIpc) is 2.25. The molecular formula is C13H21NO. The number of benzene rings is 1. The summed E-state index contributed by atoms with van der Waals surface area (Å²) in [5.74, 6) is 1.45. The maximum absolute atomic E-state index is 5.93. The van der Waals surface area contributed by atoms with E-state index >= 15 is 0 Å². The molecule has 0 spiro atoms. The number of anilines is 1. The van der Waals surface area contributed by atoms with Crippen molar-refractivity contribution >= 4 is 5.69 Å². The molecule has 0 aliphatic heterocycles. The van der Waals surface area contributed by atoms with E-state index < -0.39 is 0 Å². The van der Waals surface area contributed by atoms with Crippen LogP contribution in [-0.4, -0.2) is 6.61 Å². The Hall–Kier alpha value is -1.18. The van der Waals surface area contributed by atoms with Gasteiger partial charge in [-0.05, 0) is 24.5 Å². The fourth-order valence-electron chi connectivity index (χ4n) is 1.51. The number of para-hydroxylation sites is 1. The fourth-order valence-corrected chi connectivity index (χ4v) is 1.51. The largest absolute Gasteiger partial charge is 0.491 e. The van der Waals surface area contributed by atoms with E-state index in [1.54, 1.807) is 0 Å². The molecule has 0 atom stereocenters. The van der Waals surface area contributed by atoms with Gasteiger partial charge in [0.25, 0.3) is 0 Å². The van der Waals surface area contributed by atoms with Crippen molar-refractivity contribution in [2.75, 3.05) is 12.3 Å². The molecule has 0 saturated heterocycles. The van der Waals surface area contributed by atoms with E-state index in [4.69, 9.17) is 10.5 Å². The molecule has 0 saturated carbocycles. The van der Waals surface area contributed by atoms with E-state index in [-0.39, 0.29) is 0 Å². The van der Waals surface area contributed by atoms with Gasteiger partial charge in [-0.15, -0.1) is 0 Å². The SMILES string of the molecule is CCC(CC)COc1cccc(C)c1N. The molecular weight excluding hydrogens is 186 g/mol. The smallest absolute Gasteiger partial charge is 0.142 e. The molecule has 0 aliphatic carbocycles. The highest BCUT2D eigenvalue weighted by Crippen LogP contribution is 2.25. The molecule has 0 aromatic heterocycles. The van der Waals surface area contributed by atoms with Crippen LogP contribution in [0.2, 0.25) is 0 Å². The van der Waals surface area contributed by atoms with Gasteiger partial charge in [0.2, 0.25) is 0 Å². The van der Waals surface area contributed by atoms with Gasteiger partial charge in [-0.2, -0.15) is 0 Å². The van der Waals surface area contributed by atoms with Gasteiger partial charge in [-0.1, -0.05) is 38.8 Å². The van der Waals surface area contributed by atoms with Gasteiger partial charge in [-0.25, -0.2) is 0 Å². The van der Waals surface area contributed by atoms with Crippen molar-refractivity contribution < 1.29 is 4.74 Å². The van der Waals surface area contributed by atoms with Crippen LogP contribution in [0.15, 0.2) is 18.2 Å². The minimum Gasteiger partial charge on any atom is -0.491 e. The van der Waals surface area contributed by atoms with Crippen LogP contribution in [0.25, 0.3) is 0 Å². The summed E-state index contributed by atoms with van der Waals surface area (Å²) in [6, 6.07) is 5.91. The van der Waals surface area contributed by atoms with Crippen molar-refractivity contribution in [3.8, 4) is 5.75 Å². The van der Waals surface area contributed by atoms with Crippen LogP contribution >= 0.6 is 0 Å². The Morgan fingerprint density at radius 3 is 2.53 bits per heavy atom. The van der Waals surface area contributed by atoms with E-state index in [1.165, 1.54) is 0 Å². The van der Waals surface area contributed by atoms with Crippen LogP contribution in [0.1, 0.15) is 32.3 Å². The standard InChI is InChI=1S/C13H21NO/c1-4-11(5-2)9-15-12-8-6-7-10(3)13(12)14/h6-8,11H,4-5,9,14H2,1-3H3. The molecule has 0 radical (unpaired) electrons. The number of hydrogen-bond acceptors (Lipinski definition) is 2. The Morgan fingerprint density at radius 1 is 1.27 bits per heavy atom. The van der Waals surface area contributed by atoms with Crippen LogP contribution in [0.5, 0.6) is 5.75 Å². The number of aryl methyl sites for hydroxylation is 1. The van der Waals surface area contributed by atoms with Gasteiger partial charge < -0.3 is 10.5 Å². The Balaban J connectivity index is 2.61. The third-order valence-electron chi connectivity index (χ3n) is 2.91. The summed E-state index contributed by atoms with van der Waals surface area (Å²) in [5.41, 5.74) is 7.77. The van der Waals surface area contributed by atoms with Gasteiger partial charge in [0.15, 0.2) is 0 Å². The van der Waals surface area contributed by atoms with Crippen LogP contribution < -0.4 is 10.5 Å². The molecule has 0 amide bonds. The molecule has 1 aromatic carbocycles. The summed E-state index contributed by atoms with van der Waals surface area (Å²) >= 11 is 0. The predicted molar refractivity (Wildman–Crippen MR) is 65.2 cm³/mol. The second-order valence-electron chi connectivity index (χ2n) is 3.98. The van der Waals surface area contributed by atoms with Crippen molar-refractivity contribution in [2.24, 2.45) is 5.92 Å². The molecule has 15 heavy (non-hydrogen) atoms. The third kappa shape index (κ3) is 3.15. The highest BCUT2D eigenvalue weighted by molar-refractivity contribution is 5.57. The molecule has 2 nitrogen and oxygen atoms in total. The first kappa shape index (κ1) is 11.9. The summed E-state index contributed by atoms with van der Waals surface area (Å²) in [6.07, 6.45) is 2.31. The monoisotopic (exact) mass is 207 g/mol. The lowest BCUT2D eigenvalue weighted by Crippen LogP contribution is -2.11. The topological polar surface area (TPSA) is 35.2 Å². The summed E-state index contributed by atoms with van der Waals surface area (Å²) in [6.45, 7) is 7.15. The first-order valence-electron chi connectivity index (χ1n) is 5.66. The lowest BCUT2D eigenvalue weighted by atomic mass is 10.1. The van der Waals surface area contributed by atoms with E-state index in [0.717, 1.165) is 36.4 Å². The van der Waals surface area contributed by atoms with Crippen molar-refractivity contribution in [2.45, 2.75) is 33.6 Å². The molecule has 0 bridgehead atoms. The first-order valence-corrected chi connectivity index (χ1v) is 5.66. The maximum Gasteiger partial charge on any atom is 0.142 e. The fraction of sp³-hybridized carbons (Fsp3) is 0.538. The predicted octanol–water partition coefficient (Wildman–Crippen LogP) is 3.39. The molecule has 2 heteroatoms. The molecule has 2 N–H and O–H groups in total. The lowest BCUT2D eigenvalue weighted by Gasteiger charge is -2.15. The number of nitrogen functional groups attached to an aromatic ring is 1. The Labute approximate surface area is 92.4 Å². The van der Waals surface area contributed by atoms with Crippen molar-refractivity contribution in [1.29, 1.82) is 0 Å². The van der Waals surface area contributed by atoms with Crippen LogP contribution in [0, 0.1) is 12.8 Å². The summed E-state index contributed by atoms with van der Waals surface area (Å²) < 4.78 is 5.74. The zero-order chi connectivity index (χ0) is 11.3. The van der Waals surface area contributed by atoms with Gasteiger partial charge in [0.05, 0.1) is 12.3 Å². The zero-order valence-electron chi connectivity index (χ0n) is 9.92. The van der Waals surface area contributed by atoms with Crippen molar-refractivity contribution in [3.63, 3.8) is 0 Å². The van der Waals surface area contributed by atoms with Crippen LogP contribution in [-0.2, 0) is 0 Å².